The van der Waals surface area contributed by atoms with Crippen molar-refractivity contribution < 1.29 is 0 Å². The molecule has 0 spiro atoms. The highest BCUT2D eigenvalue weighted by atomic mass is 79.9. The van der Waals surface area contributed by atoms with Crippen LogP contribution in [0.5, 0.6) is 0 Å². The Morgan fingerprint density at radius 3 is 2.80 bits per heavy atom. The fraction of sp³-hybridized carbons (Fsp3) is 0.286. The minimum Gasteiger partial charge on any atom is -0.389 e. The van der Waals surface area contributed by atoms with E-state index in [2.05, 4.69) is 45.4 Å². The molecule has 4 nitrogen and oxygen atoms in total. The van der Waals surface area contributed by atoms with Gasteiger partial charge in [0.15, 0.2) is 0 Å². The largest absolute Gasteiger partial charge is 0.389 e. The van der Waals surface area contributed by atoms with Crippen LogP contribution in [-0.2, 0) is 7.05 Å². The summed E-state index contributed by atoms with van der Waals surface area (Å²) >= 11 is 8.60. The maximum atomic E-state index is 5.80. The molecule has 1 unspecified atom stereocenters. The number of hydrogen-bond acceptors (Lipinski definition) is 3. The van der Waals surface area contributed by atoms with Crippen LogP contribution in [0.3, 0.4) is 0 Å². The Labute approximate surface area is 132 Å². The smallest absolute Gasteiger partial charge is 0.135 e. The van der Waals surface area contributed by atoms with Gasteiger partial charge in [-0.3, -0.25) is 4.68 Å². The Morgan fingerprint density at radius 2 is 2.20 bits per heavy atom. The third kappa shape index (κ3) is 3.02. The van der Waals surface area contributed by atoms with Gasteiger partial charge in [-0.2, -0.15) is 5.10 Å². The SMILES string of the molecule is Cc1nn(C)c(NC(C)c2cccc(Br)c2)c1C(N)=S. The molecule has 3 N–H and O–H groups in total. The average Bonchev–Trinajstić information content (AvgIpc) is 2.64. The van der Waals surface area contributed by atoms with Gasteiger partial charge in [-0.05, 0) is 31.5 Å². The minimum absolute atomic E-state index is 0.121. The van der Waals surface area contributed by atoms with E-state index in [1.54, 1.807) is 4.68 Å². The molecular formula is C14H17BrN4S. The molecule has 0 bridgehead atoms. The molecule has 0 saturated carbocycles. The minimum atomic E-state index is 0.121. The first kappa shape index (κ1) is 15.0. The number of nitrogens with zero attached hydrogens (tertiary/aromatic N) is 2. The van der Waals surface area contributed by atoms with Crippen molar-refractivity contribution in [2.24, 2.45) is 12.8 Å². The predicted molar refractivity (Wildman–Crippen MR) is 90.0 cm³/mol. The summed E-state index contributed by atoms with van der Waals surface area (Å²) < 4.78 is 2.83. The van der Waals surface area contributed by atoms with Gasteiger partial charge >= 0.3 is 0 Å². The zero-order valence-electron chi connectivity index (χ0n) is 11.6. The summed E-state index contributed by atoms with van der Waals surface area (Å²) in [5, 5.41) is 7.81. The lowest BCUT2D eigenvalue weighted by Crippen LogP contribution is -2.16. The number of nitrogens with two attached hydrogens (primary N) is 1. The summed E-state index contributed by atoms with van der Waals surface area (Å²) in [6.07, 6.45) is 0. The number of rotatable bonds is 4. The maximum absolute atomic E-state index is 5.80. The van der Waals surface area contributed by atoms with Crippen LogP contribution in [0, 0.1) is 6.92 Å². The highest BCUT2D eigenvalue weighted by Gasteiger charge is 2.17. The van der Waals surface area contributed by atoms with Gasteiger partial charge in [-0.25, -0.2) is 0 Å². The van der Waals surface area contributed by atoms with E-state index in [0.717, 1.165) is 21.5 Å². The molecule has 106 valence electrons. The van der Waals surface area contributed by atoms with Crippen molar-refractivity contribution in [2.45, 2.75) is 19.9 Å². The summed E-state index contributed by atoms with van der Waals surface area (Å²) in [7, 11) is 1.88. The molecule has 1 aromatic heterocycles. The quantitative estimate of drug-likeness (QED) is 0.829. The van der Waals surface area contributed by atoms with Crippen molar-refractivity contribution in [3.05, 3.63) is 45.6 Å². The first-order valence-electron chi connectivity index (χ1n) is 6.25. The zero-order valence-corrected chi connectivity index (χ0v) is 14.0. The van der Waals surface area contributed by atoms with E-state index in [4.69, 9.17) is 18.0 Å². The van der Waals surface area contributed by atoms with Gasteiger partial charge in [0.2, 0.25) is 0 Å². The van der Waals surface area contributed by atoms with E-state index < -0.39 is 0 Å². The Hall–Kier alpha value is -1.40. The number of anilines is 1. The van der Waals surface area contributed by atoms with Gasteiger partial charge in [-0.15, -0.1) is 0 Å². The van der Waals surface area contributed by atoms with E-state index in [1.165, 1.54) is 5.56 Å². The van der Waals surface area contributed by atoms with Crippen LogP contribution < -0.4 is 11.1 Å². The third-order valence-corrected chi connectivity index (χ3v) is 3.87. The molecule has 0 fully saturated rings. The predicted octanol–water partition coefficient (Wildman–Crippen LogP) is 3.30. The number of thiocarbonyl (C=S) groups is 1. The molecule has 2 rings (SSSR count). The molecule has 2 aromatic rings. The summed E-state index contributed by atoms with van der Waals surface area (Å²) in [6.45, 7) is 4.00. The molecule has 0 aliphatic rings. The van der Waals surface area contributed by atoms with Crippen LogP contribution in [-0.4, -0.2) is 14.8 Å². The van der Waals surface area contributed by atoms with Crippen molar-refractivity contribution in [1.82, 2.24) is 9.78 Å². The molecule has 0 radical (unpaired) electrons. The molecule has 0 saturated heterocycles. The summed E-state index contributed by atoms with van der Waals surface area (Å²) in [5.74, 6) is 0.850. The van der Waals surface area contributed by atoms with Crippen LogP contribution in [0.2, 0.25) is 0 Å². The number of halogens is 1. The Balaban J connectivity index is 2.33. The third-order valence-electron chi connectivity index (χ3n) is 3.17. The van der Waals surface area contributed by atoms with Gasteiger partial charge in [0.05, 0.1) is 11.3 Å². The molecule has 1 aromatic carbocycles. The van der Waals surface area contributed by atoms with Gasteiger partial charge in [-0.1, -0.05) is 40.3 Å². The fourth-order valence-corrected chi connectivity index (χ4v) is 2.84. The monoisotopic (exact) mass is 352 g/mol. The number of benzene rings is 1. The molecular weight excluding hydrogens is 336 g/mol. The molecule has 0 aliphatic carbocycles. The molecule has 1 atom stereocenters. The second-order valence-corrected chi connectivity index (χ2v) is 6.07. The van der Waals surface area contributed by atoms with Crippen LogP contribution in [0.15, 0.2) is 28.7 Å². The van der Waals surface area contributed by atoms with Crippen molar-refractivity contribution in [3.63, 3.8) is 0 Å². The maximum Gasteiger partial charge on any atom is 0.135 e. The summed E-state index contributed by atoms with van der Waals surface area (Å²) in [6, 6.07) is 8.30. The van der Waals surface area contributed by atoms with Gasteiger partial charge < -0.3 is 11.1 Å². The average molecular weight is 353 g/mol. The number of hydrogen-bond donors (Lipinski definition) is 2. The standard InChI is InChI=1S/C14H17BrN4S/c1-8(10-5-4-6-11(15)7-10)17-14-12(13(16)20)9(2)18-19(14)3/h4-8,17H,1-3H3,(H2,16,20). The molecule has 0 amide bonds. The molecule has 20 heavy (non-hydrogen) atoms. The second kappa shape index (κ2) is 5.93. The van der Waals surface area contributed by atoms with Crippen molar-refractivity contribution in [1.29, 1.82) is 0 Å². The van der Waals surface area contributed by atoms with Gasteiger partial charge in [0, 0.05) is 17.6 Å². The number of nitrogens with one attached hydrogen (secondary N) is 1. The first-order valence-corrected chi connectivity index (χ1v) is 7.45. The zero-order chi connectivity index (χ0) is 14.9. The van der Waals surface area contributed by atoms with Crippen molar-refractivity contribution in [3.8, 4) is 0 Å². The van der Waals surface area contributed by atoms with Crippen LogP contribution in [0.25, 0.3) is 0 Å². The Morgan fingerprint density at radius 1 is 1.50 bits per heavy atom. The summed E-state index contributed by atoms with van der Waals surface area (Å²) in [5.41, 5.74) is 8.62. The van der Waals surface area contributed by atoms with E-state index in [9.17, 15) is 0 Å². The van der Waals surface area contributed by atoms with Crippen molar-refractivity contribution in [2.75, 3.05) is 5.32 Å². The van der Waals surface area contributed by atoms with E-state index in [1.807, 2.05) is 26.1 Å². The molecule has 6 heteroatoms. The number of aryl methyl sites for hydroxylation is 2. The van der Waals surface area contributed by atoms with Crippen molar-refractivity contribution >= 4 is 39.0 Å². The molecule has 0 aliphatic heterocycles. The lowest BCUT2D eigenvalue weighted by Gasteiger charge is -2.17. The molecule has 1 heterocycles. The summed E-state index contributed by atoms with van der Waals surface area (Å²) in [4.78, 5) is 0.361. The van der Waals surface area contributed by atoms with Crippen LogP contribution in [0.1, 0.15) is 29.8 Å². The normalized spacial score (nSPS) is 12.2. The van der Waals surface area contributed by atoms with E-state index in [0.29, 0.717) is 4.99 Å². The van der Waals surface area contributed by atoms with E-state index in [-0.39, 0.29) is 6.04 Å². The topological polar surface area (TPSA) is 55.9 Å². The van der Waals surface area contributed by atoms with Crippen LogP contribution in [0.4, 0.5) is 5.82 Å². The van der Waals surface area contributed by atoms with Gasteiger partial charge in [0.1, 0.15) is 10.8 Å². The lowest BCUT2D eigenvalue weighted by atomic mass is 10.1. The highest BCUT2D eigenvalue weighted by molar-refractivity contribution is 9.10. The first-order chi connectivity index (χ1) is 9.40. The highest BCUT2D eigenvalue weighted by Crippen LogP contribution is 2.25. The Bertz CT molecular complexity index is 651. The lowest BCUT2D eigenvalue weighted by molar-refractivity contribution is 0.742. The Kier molecular flexibility index (Phi) is 4.45. The fourth-order valence-electron chi connectivity index (χ4n) is 2.18. The number of aromatic nitrogens is 2. The van der Waals surface area contributed by atoms with Crippen LogP contribution >= 0.6 is 28.1 Å². The van der Waals surface area contributed by atoms with E-state index >= 15 is 0 Å². The van der Waals surface area contributed by atoms with Gasteiger partial charge in [0.25, 0.3) is 0 Å². The second-order valence-electron chi connectivity index (χ2n) is 4.72.